The fourth-order valence-corrected chi connectivity index (χ4v) is 2.09. The number of hydrogen-bond donors (Lipinski definition) is 3. The van der Waals surface area contributed by atoms with Gasteiger partial charge in [0.05, 0.1) is 12.7 Å². The lowest BCUT2D eigenvalue weighted by molar-refractivity contribution is -0.242. The summed E-state index contributed by atoms with van der Waals surface area (Å²) >= 11 is 0. The molecule has 1 unspecified atom stereocenters. The molecule has 1 saturated heterocycles. The van der Waals surface area contributed by atoms with Gasteiger partial charge in [-0.2, -0.15) is 0 Å². The van der Waals surface area contributed by atoms with Crippen molar-refractivity contribution in [2.24, 2.45) is 11.8 Å². The minimum atomic E-state index is -1.18. The number of aliphatic hydroxyl groups excluding tert-OH is 3. The number of ether oxygens (including phenoxy) is 2. The largest absolute Gasteiger partial charge is 0.388 e. The molecule has 0 spiro atoms. The van der Waals surface area contributed by atoms with Crippen LogP contribution in [0.2, 0.25) is 0 Å². The smallest absolute Gasteiger partial charge is 0.111 e. The lowest BCUT2D eigenvalue weighted by Crippen LogP contribution is -2.60. The van der Waals surface area contributed by atoms with E-state index in [-0.39, 0.29) is 20.0 Å². The third-order valence-corrected chi connectivity index (χ3v) is 3.14. The second-order valence-corrected chi connectivity index (χ2v) is 5.79. The van der Waals surface area contributed by atoms with Gasteiger partial charge in [-0.15, -0.1) is 0 Å². The van der Waals surface area contributed by atoms with Gasteiger partial charge in [-0.25, -0.2) is 0 Å². The summed E-state index contributed by atoms with van der Waals surface area (Å²) in [6.07, 6.45) is -4.41. The topological polar surface area (TPSA) is 79.2 Å². The van der Waals surface area contributed by atoms with Gasteiger partial charge in [0.15, 0.2) is 0 Å². The third-order valence-electron chi connectivity index (χ3n) is 3.14. The van der Waals surface area contributed by atoms with E-state index >= 15 is 0 Å². The van der Waals surface area contributed by atoms with Gasteiger partial charge in [0, 0.05) is 6.61 Å². The molecule has 19 heavy (non-hydrogen) atoms. The molecule has 5 nitrogen and oxygen atoms in total. The van der Waals surface area contributed by atoms with Crippen molar-refractivity contribution in [1.29, 1.82) is 0 Å². The maximum absolute atomic E-state index is 9.86. The first-order valence-corrected chi connectivity index (χ1v) is 6.62. The molecule has 1 fully saturated rings. The van der Waals surface area contributed by atoms with E-state index in [0.29, 0.717) is 12.5 Å². The zero-order valence-electron chi connectivity index (χ0n) is 11.6. The molecular weight excluding hydrogens is 248 g/mol. The van der Waals surface area contributed by atoms with Crippen molar-refractivity contribution in [3.8, 4) is 0 Å². The Hall–Kier alpha value is -0.200. The van der Waals surface area contributed by atoms with Crippen LogP contribution < -0.4 is 0 Å². The Kier molecular flexibility index (Phi) is 8.08. The highest BCUT2D eigenvalue weighted by atomic mass is 16.6. The molecule has 0 aromatic carbocycles. The van der Waals surface area contributed by atoms with Crippen LogP contribution in [0.25, 0.3) is 0 Å². The number of hydrogen-bond acceptors (Lipinski definition) is 5. The van der Waals surface area contributed by atoms with E-state index in [2.05, 4.69) is 0 Å². The van der Waals surface area contributed by atoms with Gasteiger partial charge >= 0.3 is 0 Å². The van der Waals surface area contributed by atoms with Crippen molar-refractivity contribution in [3.63, 3.8) is 0 Å². The van der Waals surface area contributed by atoms with Crippen LogP contribution in [0, 0.1) is 11.8 Å². The standard InChI is InChI=1S/C13H26O5.CH4/c1-7(2)5-17-6-9-10(14)11(15)12(16)13(18-9)8(3)4;/h7-16H,5-6H2,1-4H3;1H4/t9-,10-,11+,12-,13?;/m1./s1. The summed E-state index contributed by atoms with van der Waals surface area (Å²) in [5.41, 5.74) is 0. The first-order chi connectivity index (χ1) is 8.34. The molecule has 0 bridgehead atoms. The molecule has 5 atom stereocenters. The highest BCUT2D eigenvalue weighted by Crippen LogP contribution is 2.26. The quantitative estimate of drug-likeness (QED) is 0.693. The molecule has 0 aromatic rings. The van der Waals surface area contributed by atoms with Gasteiger partial charge < -0.3 is 24.8 Å². The average molecular weight is 278 g/mol. The molecule has 1 aliphatic rings. The SMILES string of the molecule is C.CC(C)COC[C@H]1OC(C(C)C)[C@H](O)[C@@H](O)[C@@H]1O. The zero-order valence-corrected chi connectivity index (χ0v) is 11.6. The van der Waals surface area contributed by atoms with Gasteiger partial charge in [-0.05, 0) is 11.8 Å². The highest BCUT2D eigenvalue weighted by molar-refractivity contribution is 4.93. The molecule has 0 amide bonds. The number of aliphatic hydroxyl groups is 3. The first-order valence-electron chi connectivity index (χ1n) is 6.62. The van der Waals surface area contributed by atoms with Crippen LogP contribution >= 0.6 is 0 Å². The van der Waals surface area contributed by atoms with E-state index in [1.54, 1.807) is 0 Å². The van der Waals surface area contributed by atoms with Crippen molar-refractivity contribution in [2.75, 3.05) is 13.2 Å². The summed E-state index contributed by atoms with van der Waals surface area (Å²) in [4.78, 5) is 0. The number of rotatable bonds is 5. The first kappa shape index (κ1) is 18.8. The van der Waals surface area contributed by atoms with Gasteiger partial charge in [0.1, 0.15) is 24.4 Å². The molecule has 5 heteroatoms. The summed E-state index contributed by atoms with van der Waals surface area (Å²) < 4.78 is 11.1. The summed E-state index contributed by atoms with van der Waals surface area (Å²) in [5, 5.41) is 29.5. The summed E-state index contributed by atoms with van der Waals surface area (Å²) in [6, 6.07) is 0. The highest BCUT2D eigenvalue weighted by Gasteiger charge is 2.44. The minimum absolute atomic E-state index is 0. The molecule has 1 rings (SSSR count). The van der Waals surface area contributed by atoms with E-state index < -0.39 is 30.5 Å². The molecule has 116 valence electrons. The Morgan fingerprint density at radius 3 is 2.05 bits per heavy atom. The van der Waals surface area contributed by atoms with E-state index in [1.165, 1.54) is 0 Å². The fraction of sp³-hybridized carbons (Fsp3) is 1.00. The van der Waals surface area contributed by atoms with E-state index in [1.807, 2.05) is 27.7 Å². The molecule has 0 aromatic heterocycles. The molecule has 0 radical (unpaired) electrons. The van der Waals surface area contributed by atoms with Crippen molar-refractivity contribution < 1.29 is 24.8 Å². The van der Waals surface area contributed by atoms with Crippen LogP contribution in [0.1, 0.15) is 35.1 Å². The lowest BCUT2D eigenvalue weighted by Gasteiger charge is -2.42. The van der Waals surface area contributed by atoms with Crippen LogP contribution in [0.15, 0.2) is 0 Å². The van der Waals surface area contributed by atoms with E-state index in [9.17, 15) is 15.3 Å². The normalized spacial score (nSPS) is 35.5. The van der Waals surface area contributed by atoms with Crippen molar-refractivity contribution in [3.05, 3.63) is 0 Å². The maximum atomic E-state index is 9.86. The molecule has 1 heterocycles. The Morgan fingerprint density at radius 1 is 1.00 bits per heavy atom. The van der Waals surface area contributed by atoms with Gasteiger partial charge in [-0.1, -0.05) is 35.1 Å². The third kappa shape index (κ3) is 5.00. The van der Waals surface area contributed by atoms with Crippen molar-refractivity contribution in [1.82, 2.24) is 0 Å². The summed E-state index contributed by atoms with van der Waals surface area (Å²) in [7, 11) is 0. The van der Waals surface area contributed by atoms with Crippen LogP contribution in [0.4, 0.5) is 0 Å². The summed E-state index contributed by atoms with van der Waals surface area (Å²) in [5.74, 6) is 0.469. The summed E-state index contributed by atoms with van der Waals surface area (Å²) in [6.45, 7) is 8.69. The van der Waals surface area contributed by atoms with Gasteiger partial charge in [-0.3, -0.25) is 0 Å². The predicted octanol–water partition coefficient (Wildman–Crippen LogP) is 0.801. The van der Waals surface area contributed by atoms with Gasteiger partial charge in [0.2, 0.25) is 0 Å². The molecule has 1 aliphatic heterocycles. The Balaban J connectivity index is 0.00000324. The molecule has 3 N–H and O–H groups in total. The second kappa shape index (κ2) is 8.17. The van der Waals surface area contributed by atoms with Crippen LogP contribution in [-0.2, 0) is 9.47 Å². The van der Waals surface area contributed by atoms with Crippen LogP contribution in [0.3, 0.4) is 0 Å². The van der Waals surface area contributed by atoms with Crippen molar-refractivity contribution in [2.45, 2.75) is 65.6 Å². The Labute approximate surface area is 116 Å². The lowest BCUT2D eigenvalue weighted by atomic mass is 9.89. The average Bonchev–Trinajstić information content (AvgIpc) is 2.28. The molecule has 0 saturated carbocycles. The van der Waals surface area contributed by atoms with E-state index in [4.69, 9.17) is 9.47 Å². The van der Waals surface area contributed by atoms with Crippen LogP contribution in [0.5, 0.6) is 0 Å². The van der Waals surface area contributed by atoms with E-state index in [0.717, 1.165) is 0 Å². The maximum Gasteiger partial charge on any atom is 0.111 e. The minimum Gasteiger partial charge on any atom is -0.388 e. The zero-order chi connectivity index (χ0) is 13.9. The second-order valence-electron chi connectivity index (χ2n) is 5.79. The predicted molar refractivity (Wildman–Crippen MR) is 73.9 cm³/mol. The van der Waals surface area contributed by atoms with Crippen molar-refractivity contribution >= 4 is 0 Å². The fourth-order valence-electron chi connectivity index (χ4n) is 2.09. The molecule has 0 aliphatic carbocycles. The molecular formula is C14H30O5. The Bertz CT molecular complexity index is 244. The van der Waals surface area contributed by atoms with Crippen LogP contribution in [-0.4, -0.2) is 59.1 Å². The Morgan fingerprint density at radius 2 is 1.58 bits per heavy atom. The monoisotopic (exact) mass is 278 g/mol. The van der Waals surface area contributed by atoms with Gasteiger partial charge in [0.25, 0.3) is 0 Å².